The van der Waals surface area contributed by atoms with Crippen LogP contribution in [0.3, 0.4) is 0 Å². The first-order valence-electron chi connectivity index (χ1n) is 9.19. The minimum atomic E-state index is -0.554. The molecule has 26 heavy (non-hydrogen) atoms. The lowest BCUT2D eigenvalue weighted by Crippen LogP contribution is -2.49. The van der Waals surface area contributed by atoms with Crippen LogP contribution in [0.2, 0.25) is 0 Å². The summed E-state index contributed by atoms with van der Waals surface area (Å²) < 4.78 is 11.8. The van der Waals surface area contributed by atoms with E-state index in [0.29, 0.717) is 19.6 Å². The van der Waals surface area contributed by atoms with Gasteiger partial charge in [-0.05, 0) is 39.2 Å². The fourth-order valence-corrected chi connectivity index (χ4v) is 2.73. The molecule has 0 saturated carbocycles. The third-order valence-electron chi connectivity index (χ3n) is 3.90. The largest absolute Gasteiger partial charge is 0.444 e. The Morgan fingerprint density at radius 2 is 1.85 bits per heavy atom. The summed E-state index contributed by atoms with van der Waals surface area (Å²) in [5.74, 6) is 0. The summed E-state index contributed by atoms with van der Waals surface area (Å²) in [6.07, 6.45) is 4.46. The van der Waals surface area contributed by atoms with Crippen LogP contribution >= 0.6 is 0 Å². The molecule has 4 heteroatoms. The van der Waals surface area contributed by atoms with Crippen LogP contribution in [-0.2, 0) is 16.1 Å². The van der Waals surface area contributed by atoms with Crippen LogP contribution in [0.1, 0.15) is 46.1 Å². The SMILES string of the molecule is C=CC[C@@H]([C@H](CC)OCc1ccccc1)N(CC=C)C(=O)OC(C)(C)C. The highest BCUT2D eigenvalue weighted by Crippen LogP contribution is 2.21. The summed E-state index contributed by atoms with van der Waals surface area (Å²) in [4.78, 5) is 14.4. The smallest absolute Gasteiger partial charge is 0.410 e. The number of amides is 1. The maximum atomic E-state index is 12.7. The Morgan fingerprint density at radius 1 is 1.19 bits per heavy atom. The molecule has 0 aliphatic heterocycles. The van der Waals surface area contributed by atoms with Crippen LogP contribution in [0.25, 0.3) is 0 Å². The normalized spacial score (nSPS) is 13.5. The zero-order chi connectivity index (χ0) is 19.6. The highest BCUT2D eigenvalue weighted by atomic mass is 16.6. The Labute approximate surface area is 158 Å². The summed E-state index contributed by atoms with van der Waals surface area (Å²) in [7, 11) is 0. The molecule has 0 radical (unpaired) electrons. The zero-order valence-electron chi connectivity index (χ0n) is 16.6. The molecule has 1 aromatic carbocycles. The second kappa shape index (κ2) is 10.8. The van der Waals surface area contributed by atoms with Gasteiger partial charge in [-0.25, -0.2) is 4.79 Å². The number of hydrogen-bond donors (Lipinski definition) is 0. The van der Waals surface area contributed by atoms with Crippen molar-refractivity contribution in [1.82, 2.24) is 4.90 Å². The average Bonchev–Trinajstić information content (AvgIpc) is 2.58. The Morgan fingerprint density at radius 3 is 2.35 bits per heavy atom. The summed E-state index contributed by atoms with van der Waals surface area (Å²) >= 11 is 0. The molecule has 0 aliphatic rings. The Hall–Kier alpha value is -2.07. The summed E-state index contributed by atoms with van der Waals surface area (Å²) in [6.45, 7) is 16.2. The fourth-order valence-electron chi connectivity index (χ4n) is 2.73. The van der Waals surface area contributed by atoms with Gasteiger partial charge in [0.15, 0.2) is 0 Å². The van der Waals surface area contributed by atoms with Crippen molar-refractivity contribution in [1.29, 1.82) is 0 Å². The van der Waals surface area contributed by atoms with Crippen molar-refractivity contribution in [2.45, 2.75) is 64.9 Å². The van der Waals surface area contributed by atoms with Crippen molar-refractivity contribution in [3.05, 3.63) is 61.2 Å². The summed E-state index contributed by atoms with van der Waals surface area (Å²) in [5.41, 5.74) is 0.554. The lowest BCUT2D eigenvalue weighted by Gasteiger charge is -2.36. The maximum Gasteiger partial charge on any atom is 0.410 e. The molecular weight excluding hydrogens is 326 g/mol. The second-order valence-corrected chi connectivity index (χ2v) is 7.26. The Bertz CT molecular complexity index is 563. The molecule has 0 aromatic heterocycles. The molecule has 0 fully saturated rings. The van der Waals surface area contributed by atoms with Crippen molar-refractivity contribution in [2.24, 2.45) is 0 Å². The number of carbonyl (C=O) groups is 1. The average molecular weight is 360 g/mol. The van der Waals surface area contributed by atoms with Crippen LogP contribution in [0.15, 0.2) is 55.6 Å². The monoisotopic (exact) mass is 359 g/mol. The van der Waals surface area contributed by atoms with E-state index in [2.05, 4.69) is 20.1 Å². The van der Waals surface area contributed by atoms with E-state index in [9.17, 15) is 4.79 Å². The molecule has 1 rings (SSSR count). The first-order valence-corrected chi connectivity index (χ1v) is 9.19. The van der Waals surface area contributed by atoms with Crippen LogP contribution < -0.4 is 0 Å². The van der Waals surface area contributed by atoms with Crippen molar-refractivity contribution < 1.29 is 14.3 Å². The van der Waals surface area contributed by atoms with Gasteiger partial charge < -0.3 is 9.47 Å². The number of rotatable bonds is 10. The van der Waals surface area contributed by atoms with E-state index in [4.69, 9.17) is 9.47 Å². The van der Waals surface area contributed by atoms with E-state index >= 15 is 0 Å². The van der Waals surface area contributed by atoms with E-state index in [-0.39, 0.29) is 18.2 Å². The van der Waals surface area contributed by atoms with Gasteiger partial charge >= 0.3 is 6.09 Å². The van der Waals surface area contributed by atoms with Crippen molar-refractivity contribution in [3.63, 3.8) is 0 Å². The van der Waals surface area contributed by atoms with Crippen LogP contribution in [-0.4, -0.2) is 35.3 Å². The Balaban J connectivity index is 2.95. The summed E-state index contributed by atoms with van der Waals surface area (Å²) in [5, 5.41) is 0. The number of nitrogens with zero attached hydrogens (tertiary/aromatic N) is 1. The van der Waals surface area contributed by atoms with Crippen LogP contribution in [0.4, 0.5) is 4.79 Å². The van der Waals surface area contributed by atoms with Gasteiger partial charge in [-0.2, -0.15) is 0 Å². The molecule has 1 amide bonds. The molecule has 0 spiro atoms. The van der Waals surface area contributed by atoms with Crippen LogP contribution in [0.5, 0.6) is 0 Å². The van der Waals surface area contributed by atoms with E-state index in [0.717, 1.165) is 12.0 Å². The second-order valence-electron chi connectivity index (χ2n) is 7.26. The molecule has 0 unspecified atom stereocenters. The van der Waals surface area contributed by atoms with Crippen LogP contribution in [0, 0.1) is 0 Å². The minimum absolute atomic E-state index is 0.124. The van der Waals surface area contributed by atoms with Gasteiger partial charge in [-0.3, -0.25) is 4.90 Å². The summed E-state index contributed by atoms with van der Waals surface area (Å²) in [6, 6.07) is 9.87. The third kappa shape index (κ3) is 7.44. The number of carbonyl (C=O) groups excluding carboxylic acids is 1. The van der Waals surface area contributed by atoms with E-state index in [1.54, 1.807) is 11.0 Å². The van der Waals surface area contributed by atoms with Gasteiger partial charge in [0.1, 0.15) is 5.60 Å². The molecule has 0 saturated heterocycles. The highest BCUT2D eigenvalue weighted by Gasteiger charge is 2.32. The fraction of sp³-hybridized carbons (Fsp3) is 0.500. The first kappa shape index (κ1) is 22.0. The van der Waals surface area contributed by atoms with Crippen molar-refractivity contribution in [2.75, 3.05) is 6.54 Å². The Kier molecular flexibility index (Phi) is 9.14. The van der Waals surface area contributed by atoms with E-state index in [1.165, 1.54) is 0 Å². The van der Waals surface area contributed by atoms with E-state index < -0.39 is 5.60 Å². The number of benzene rings is 1. The lowest BCUT2D eigenvalue weighted by molar-refractivity contribution is -0.0352. The molecule has 1 aromatic rings. The van der Waals surface area contributed by atoms with Gasteiger partial charge in [0.25, 0.3) is 0 Å². The topological polar surface area (TPSA) is 38.8 Å². The molecule has 0 N–H and O–H groups in total. The molecule has 2 atom stereocenters. The van der Waals surface area contributed by atoms with Gasteiger partial charge in [0.2, 0.25) is 0 Å². The third-order valence-corrected chi connectivity index (χ3v) is 3.90. The maximum absolute atomic E-state index is 12.7. The van der Waals surface area contributed by atoms with Crippen molar-refractivity contribution >= 4 is 6.09 Å². The molecule has 144 valence electrons. The standard InChI is InChI=1S/C22H33NO3/c1-7-13-19(23(16-8-2)21(24)26-22(4,5)6)20(9-3)25-17-18-14-11-10-12-15-18/h7-8,10-12,14-15,19-20H,1-2,9,13,16-17H2,3-6H3/t19-,20-/m0/s1. The zero-order valence-corrected chi connectivity index (χ0v) is 16.6. The van der Waals surface area contributed by atoms with Crippen molar-refractivity contribution in [3.8, 4) is 0 Å². The molecule has 0 aliphatic carbocycles. The van der Waals surface area contributed by atoms with Gasteiger partial charge in [-0.15, -0.1) is 13.2 Å². The highest BCUT2D eigenvalue weighted by molar-refractivity contribution is 5.69. The predicted octanol–water partition coefficient (Wildman–Crippen LogP) is 5.35. The number of hydrogen-bond acceptors (Lipinski definition) is 3. The lowest BCUT2D eigenvalue weighted by atomic mass is 10.0. The van der Waals surface area contributed by atoms with Gasteiger partial charge in [-0.1, -0.05) is 49.4 Å². The molecule has 0 heterocycles. The molecule has 4 nitrogen and oxygen atoms in total. The van der Waals surface area contributed by atoms with Gasteiger partial charge in [0, 0.05) is 6.54 Å². The molecule has 0 bridgehead atoms. The quantitative estimate of drug-likeness (QED) is 0.529. The number of ether oxygens (including phenoxy) is 2. The minimum Gasteiger partial charge on any atom is -0.444 e. The predicted molar refractivity (Wildman–Crippen MR) is 107 cm³/mol. The molecular formula is C22H33NO3. The van der Waals surface area contributed by atoms with E-state index in [1.807, 2.05) is 57.2 Å². The first-order chi connectivity index (χ1) is 12.3. The van der Waals surface area contributed by atoms with Gasteiger partial charge in [0.05, 0.1) is 18.8 Å².